The zero-order chi connectivity index (χ0) is 11.4. The number of nitrogens with one attached hydrogen (secondary N) is 1. The van der Waals surface area contributed by atoms with Gasteiger partial charge in [0.15, 0.2) is 0 Å². The number of aldehydes is 1. The Morgan fingerprint density at radius 1 is 1.40 bits per heavy atom. The zero-order valence-corrected chi connectivity index (χ0v) is 8.54. The Morgan fingerprint density at radius 2 is 2.07 bits per heavy atom. The van der Waals surface area contributed by atoms with Crippen LogP contribution in [0.15, 0.2) is 0 Å². The van der Waals surface area contributed by atoms with Gasteiger partial charge in [0.05, 0.1) is 25.3 Å². The molecule has 0 saturated carbocycles. The summed E-state index contributed by atoms with van der Waals surface area (Å²) in [6, 6.07) is -0.506. The first-order valence-corrected chi connectivity index (χ1v) is 4.91. The van der Waals surface area contributed by atoms with Crippen LogP contribution in [0, 0.1) is 0 Å². The Bertz CT molecular complexity index is 213. The number of carbonyl (C=O) groups is 1. The van der Waals surface area contributed by atoms with E-state index in [1.54, 1.807) is 6.92 Å². The largest absolute Gasteiger partial charge is 0.394 e. The Labute approximate surface area is 87.9 Å². The van der Waals surface area contributed by atoms with Gasteiger partial charge in [-0.1, -0.05) is 0 Å². The van der Waals surface area contributed by atoms with Crippen LogP contribution in [0.2, 0.25) is 0 Å². The van der Waals surface area contributed by atoms with Gasteiger partial charge in [0.25, 0.3) is 0 Å². The molecule has 15 heavy (non-hydrogen) atoms. The van der Waals surface area contributed by atoms with E-state index in [0.717, 1.165) is 0 Å². The molecule has 0 spiro atoms. The van der Waals surface area contributed by atoms with Crippen molar-refractivity contribution in [1.29, 1.82) is 0 Å². The van der Waals surface area contributed by atoms with Crippen molar-refractivity contribution in [2.75, 3.05) is 13.2 Å². The van der Waals surface area contributed by atoms with Gasteiger partial charge in [-0.15, -0.1) is 0 Å². The second-order valence-corrected chi connectivity index (χ2v) is 3.64. The molecule has 0 amide bonds. The van der Waals surface area contributed by atoms with E-state index < -0.39 is 24.4 Å². The molecular weight excluding hydrogens is 202 g/mol. The molecule has 1 heterocycles. The van der Waals surface area contributed by atoms with Gasteiger partial charge in [0.2, 0.25) is 0 Å². The van der Waals surface area contributed by atoms with Crippen molar-refractivity contribution in [1.82, 2.24) is 5.32 Å². The van der Waals surface area contributed by atoms with Crippen molar-refractivity contribution in [2.24, 2.45) is 0 Å². The first-order valence-electron chi connectivity index (χ1n) is 4.91. The third kappa shape index (κ3) is 2.73. The predicted molar refractivity (Wildman–Crippen MR) is 51.3 cm³/mol. The van der Waals surface area contributed by atoms with E-state index in [4.69, 9.17) is 9.84 Å². The number of aliphatic hydroxyl groups excluding tert-OH is 3. The molecule has 88 valence electrons. The number of ether oxygens (including phenoxy) is 1. The summed E-state index contributed by atoms with van der Waals surface area (Å²) in [4.78, 5) is 10.2. The first kappa shape index (κ1) is 12.5. The van der Waals surface area contributed by atoms with Crippen LogP contribution < -0.4 is 5.32 Å². The summed E-state index contributed by atoms with van der Waals surface area (Å²) in [7, 11) is 0. The van der Waals surface area contributed by atoms with Gasteiger partial charge in [-0.25, -0.2) is 0 Å². The lowest BCUT2D eigenvalue weighted by atomic mass is 9.93. The fourth-order valence-electron chi connectivity index (χ4n) is 1.77. The van der Waals surface area contributed by atoms with E-state index in [-0.39, 0.29) is 19.3 Å². The quantitative estimate of drug-likeness (QED) is 0.395. The highest BCUT2D eigenvalue weighted by atomic mass is 16.5. The van der Waals surface area contributed by atoms with Gasteiger partial charge in [-0.3, -0.25) is 0 Å². The van der Waals surface area contributed by atoms with Gasteiger partial charge in [-0.05, 0) is 6.92 Å². The van der Waals surface area contributed by atoms with Crippen LogP contribution in [-0.4, -0.2) is 65.2 Å². The standard InChI is InChI=1S/C9H17NO5/c1-5-7(10-2-3-11)9(14)8(13)6(4-12)15-5/h3,5-10,12-14H,2,4H2,1H3/t5-,6?,7?,8+,9?/m1/s1. The fourth-order valence-corrected chi connectivity index (χ4v) is 1.77. The molecule has 6 nitrogen and oxygen atoms in total. The number of hydrogen-bond acceptors (Lipinski definition) is 6. The second kappa shape index (κ2) is 5.53. The summed E-state index contributed by atoms with van der Waals surface area (Å²) in [6.45, 7) is 1.45. The van der Waals surface area contributed by atoms with Crippen molar-refractivity contribution in [3.8, 4) is 0 Å². The van der Waals surface area contributed by atoms with Crippen LogP contribution in [0.5, 0.6) is 0 Å². The number of hydrogen-bond donors (Lipinski definition) is 4. The second-order valence-electron chi connectivity index (χ2n) is 3.64. The van der Waals surface area contributed by atoms with E-state index in [1.165, 1.54) is 0 Å². The normalized spacial score (nSPS) is 41.5. The number of carbonyl (C=O) groups excluding carboxylic acids is 1. The lowest BCUT2D eigenvalue weighted by Crippen LogP contribution is -2.62. The van der Waals surface area contributed by atoms with E-state index in [2.05, 4.69) is 5.32 Å². The maximum Gasteiger partial charge on any atom is 0.133 e. The molecule has 6 heteroatoms. The fraction of sp³-hybridized carbons (Fsp3) is 0.889. The van der Waals surface area contributed by atoms with Crippen LogP contribution in [0.4, 0.5) is 0 Å². The van der Waals surface area contributed by atoms with Crippen molar-refractivity contribution >= 4 is 6.29 Å². The van der Waals surface area contributed by atoms with E-state index in [9.17, 15) is 15.0 Å². The molecule has 0 aromatic heterocycles. The lowest BCUT2D eigenvalue weighted by molar-refractivity contribution is -0.189. The molecule has 1 rings (SSSR count). The molecule has 0 aliphatic carbocycles. The summed E-state index contributed by atoms with van der Waals surface area (Å²) in [5, 5.41) is 30.9. The summed E-state index contributed by atoms with van der Waals surface area (Å²) in [5.41, 5.74) is 0. The summed E-state index contributed by atoms with van der Waals surface area (Å²) in [5.74, 6) is 0. The average Bonchev–Trinajstić information content (AvgIpc) is 2.23. The highest BCUT2D eigenvalue weighted by Crippen LogP contribution is 2.20. The van der Waals surface area contributed by atoms with Crippen LogP contribution in [0.1, 0.15) is 6.92 Å². The monoisotopic (exact) mass is 219 g/mol. The maximum atomic E-state index is 10.2. The molecule has 1 aliphatic rings. The van der Waals surface area contributed by atoms with Crippen LogP contribution >= 0.6 is 0 Å². The lowest BCUT2D eigenvalue weighted by Gasteiger charge is -2.41. The Balaban J connectivity index is 2.61. The van der Waals surface area contributed by atoms with E-state index in [0.29, 0.717) is 6.29 Å². The summed E-state index contributed by atoms with van der Waals surface area (Å²) < 4.78 is 5.29. The van der Waals surface area contributed by atoms with Crippen LogP contribution in [-0.2, 0) is 9.53 Å². The highest BCUT2D eigenvalue weighted by molar-refractivity contribution is 5.51. The van der Waals surface area contributed by atoms with E-state index in [1.807, 2.05) is 0 Å². The van der Waals surface area contributed by atoms with Gasteiger partial charge < -0.3 is 30.2 Å². The molecule has 1 saturated heterocycles. The molecule has 0 aromatic carbocycles. The minimum atomic E-state index is -1.14. The highest BCUT2D eigenvalue weighted by Gasteiger charge is 2.41. The van der Waals surface area contributed by atoms with Crippen molar-refractivity contribution in [2.45, 2.75) is 37.4 Å². The van der Waals surface area contributed by atoms with Crippen molar-refractivity contribution < 1.29 is 24.9 Å². The minimum absolute atomic E-state index is 0.0892. The molecule has 5 atom stereocenters. The molecule has 0 aromatic rings. The van der Waals surface area contributed by atoms with Gasteiger partial charge in [-0.2, -0.15) is 0 Å². The maximum absolute atomic E-state index is 10.2. The number of rotatable bonds is 4. The van der Waals surface area contributed by atoms with Gasteiger partial charge in [0, 0.05) is 0 Å². The van der Waals surface area contributed by atoms with Gasteiger partial charge >= 0.3 is 0 Å². The third-order valence-electron chi connectivity index (χ3n) is 2.61. The average molecular weight is 219 g/mol. The van der Waals surface area contributed by atoms with Crippen LogP contribution in [0.25, 0.3) is 0 Å². The Morgan fingerprint density at radius 3 is 2.60 bits per heavy atom. The third-order valence-corrected chi connectivity index (χ3v) is 2.61. The molecule has 4 N–H and O–H groups in total. The Kier molecular flexibility index (Phi) is 4.62. The minimum Gasteiger partial charge on any atom is -0.394 e. The van der Waals surface area contributed by atoms with Crippen molar-refractivity contribution in [3.05, 3.63) is 0 Å². The topological polar surface area (TPSA) is 99.0 Å². The Hall–Kier alpha value is -0.530. The summed E-state index contributed by atoms with van der Waals surface area (Å²) in [6.07, 6.45) is -2.67. The number of aliphatic hydroxyl groups is 3. The SMILES string of the molecule is C[C@H]1OC(CO)[C@H](O)C(O)C1NCC=O. The van der Waals surface area contributed by atoms with Crippen LogP contribution in [0.3, 0.4) is 0 Å². The summed E-state index contributed by atoms with van der Waals surface area (Å²) >= 11 is 0. The molecular formula is C9H17NO5. The molecule has 1 fully saturated rings. The van der Waals surface area contributed by atoms with E-state index >= 15 is 0 Å². The first-order chi connectivity index (χ1) is 7.11. The van der Waals surface area contributed by atoms with Crippen molar-refractivity contribution in [3.63, 3.8) is 0 Å². The predicted octanol–water partition coefficient (Wildman–Crippen LogP) is -2.36. The molecule has 0 bridgehead atoms. The molecule has 1 aliphatic heterocycles. The molecule has 3 unspecified atom stereocenters. The smallest absolute Gasteiger partial charge is 0.133 e. The zero-order valence-electron chi connectivity index (χ0n) is 8.54. The van der Waals surface area contributed by atoms with Gasteiger partial charge in [0.1, 0.15) is 24.6 Å². The molecule has 0 radical (unpaired) electrons.